The van der Waals surface area contributed by atoms with Gasteiger partial charge in [-0.3, -0.25) is 4.79 Å². The third-order valence-electron chi connectivity index (χ3n) is 4.74. The average Bonchev–Trinajstić information content (AvgIpc) is 2.66. The van der Waals surface area contributed by atoms with Crippen LogP contribution in [0.1, 0.15) is 76.3 Å². The minimum atomic E-state index is -0.199. The van der Waals surface area contributed by atoms with Crippen LogP contribution < -0.4 is 4.90 Å². The van der Waals surface area contributed by atoms with Crippen LogP contribution in [0.4, 0.5) is 5.69 Å². The van der Waals surface area contributed by atoms with Gasteiger partial charge in [0.1, 0.15) is 12.2 Å². The molecule has 3 nitrogen and oxygen atoms in total. The van der Waals surface area contributed by atoms with Gasteiger partial charge in [-0.25, -0.2) is 0 Å². The Labute approximate surface area is 164 Å². The first kappa shape index (κ1) is 22.7. The highest BCUT2D eigenvalue weighted by Crippen LogP contribution is 2.29. The van der Waals surface area contributed by atoms with Crippen molar-refractivity contribution in [3.8, 4) is 0 Å². The summed E-state index contributed by atoms with van der Waals surface area (Å²) in [5.41, 5.74) is 3.25. The molecule has 0 atom stereocenters. The van der Waals surface area contributed by atoms with Crippen LogP contribution in [0.5, 0.6) is 0 Å². The van der Waals surface area contributed by atoms with E-state index in [1.165, 1.54) is 38.5 Å². The average molecular weight is 380 g/mol. The maximum absolute atomic E-state index is 12.4. The number of para-hydroxylation sites is 1. The van der Waals surface area contributed by atoms with Crippen LogP contribution in [0.3, 0.4) is 0 Å². The quantitative estimate of drug-likeness (QED) is 0.236. The molecule has 0 spiro atoms. The van der Waals surface area contributed by atoms with Gasteiger partial charge in [0.05, 0.1) is 12.2 Å². The van der Waals surface area contributed by atoms with Gasteiger partial charge in [-0.1, -0.05) is 70.6 Å². The molecule has 1 amide bonds. The number of aryl methyl sites for hydroxylation is 2. The molecule has 0 bridgehead atoms. The molecule has 0 fully saturated rings. The number of anilines is 1. The SMILES string of the molecule is CCCCCCc1cccc(CCCCCC)c1N(CC=O)C(=O)CCl. The lowest BCUT2D eigenvalue weighted by molar-refractivity contribution is -0.117. The number of hydrogen-bond acceptors (Lipinski definition) is 2. The molecular weight excluding hydrogens is 346 g/mol. The summed E-state index contributed by atoms with van der Waals surface area (Å²) in [7, 11) is 0. The molecule has 26 heavy (non-hydrogen) atoms. The summed E-state index contributed by atoms with van der Waals surface area (Å²) >= 11 is 5.82. The molecular formula is C22H34ClNO2. The Kier molecular flexibility index (Phi) is 12.0. The van der Waals surface area contributed by atoms with Gasteiger partial charge in [0.15, 0.2) is 0 Å². The molecule has 0 radical (unpaired) electrons. The minimum absolute atomic E-state index is 0.0689. The van der Waals surface area contributed by atoms with Crippen LogP contribution >= 0.6 is 11.6 Å². The topological polar surface area (TPSA) is 37.4 Å². The highest BCUT2D eigenvalue weighted by atomic mass is 35.5. The van der Waals surface area contributed by atoms with Crippen molar-refractivity contribution in [3.05, 3.63) is 29.3 Å². The van der Waals surface area contributed by atoms with Gasteiger partial charge >= 0.3 is 0 Å². The minimum Gasteiger partial charge on any atom is -0.304 e. The van der Waals surface area contributed by atoms with Gasteiger partial charge in [0, 0.05) is 0 Å². The molecule has 0 saturated heterocycles. The highest BCUT2D eigenvalue weighted by Gasteiger charge is 2.20. The molecule has 0 N–H and O–H groups in total. The van der Waals surface area contributed by atoms with E-state index in [1.54, 1.807) is 4.90 Å². The van der Waals surface area contributed by atoms with Crippen molar-refractivity contribution in [2.24, 2.45) is 0 Å². The second-order valence-electron chi connectivity index (χ2n) is 6.85. The molecule has 1 rings (SSSR count). The smallest absolute Gasteiger partial charge is 0.242 e. The maximum atomic E-state index is 12.4. The zero-order valence-corrected chi connectivity index (χ0v) is 17.2. The fraction of sp³-hybridized carbons (Fsp3) is 0.636. The number of halogens is 1. The number of unbranched alkanes of at least 4 members (excludes halogenated alkanes) is 6. The van der Waals surface area contributed by atoms with Crippen molar-refractivity contribution in [3.63, 3.8) is 0 Å². The van der Waals surface area contributed by atoms with Crippen LogP contribution in [-0.2, 0) is 22.4 Å². The number of carbonyl (C=O) groups excluding carboxylic acids is 2. The van der Waals surface area contributed by atoms with Gasteiger partial charge in [-0.05, 0) is 36.8 Å². The summed E-state index contributed by atoms with van der Waals surface area (Å²) in [5, 5.41) is 0. The van der Waals surface area contributed by atoms with Crippen LogP contribution in [0, 0.1) is 0 Å². The molecule has 0 aliphatic carbocycles. The van der Waals surface area contributed by atoms with Gasteiger partial charge in [-0.2, -0.15) is 0 Å². The van der Waals surface area contributed by atoms with Crippen LogP contribution in [0.15, 0.2) is 18.2 Å². The van der Waals surface area contributed by atoms with E-state index in [0.717, 1.165) is 48.8 Å². The predicted octanol–water partition coefficient (Wildman–Crippen LogP) is 5.70. The standard InChI is InChI=1S/C22H34ClNO2/c1-3-5-7-9-12-19-14-11-15-20(13-10-8-6-4-2)22(19)24(16-17-25)21(26)18-23/h11,14-15,17H,3-10,12-13,16,18H2,1-2H3. The van der Waals surface area contributed by atoms with Crippen LogP contribution in [0.2, 0.25) is 0 Å². The monoisotopic (exact) mass is 379 g/mol. The number of nitrogens with zero attached hydrogens (tertiary/aromatic N) is 1. The number of rotatable bonds is 14. The van der Waals surface area contributed by atoms with Crippen LogP contribution in [0.25, 0.3) is 0 Å². The van der Waals surface area contributed by atoms with Gasteiger partial charge in [0.2, 0.25) is 5.91 Å². The lowest BCUT2D eigenvalue weighted by Gasteiger charge is -2.26. The summed E-state index contributed by atoms with van der Waals surface area (Å²) in [5.74, 6) is -0.303. The number of amides is 1. The fourth-order valence-electron chi connectivity index (χ4n) is 3.34. The van der Waals surface area contributed by atoms with E-state index >= 15 is 0 Å². The number of benzene rings is 1. The first-order valence-electron chi connectivity index (χ1n) is 10.1. The zero-order chi connectivity index (χ0) is 19.2. The summed E-state index contributed by atoms with van der Waals surface area (Å²) in [6.45, 7) is 4.47. The van der Waals surface area contributed by atoms with Crippen LogP contribution in [-0.4, -0.2) is 24.6 Å². The number of hydrogen-bond donors (Lipinski definition) is 0. The Bertz CT molecular complexity index is 515. The Morgan fingerprint density at radius 1 is 0.962 bits per heavy atom. The van der Waals surface area contributed by atoms with Crippen molar-refractivity contribution in [2.75, 3.05) is 17.3 Å². The predicted molar refractivity (Wildman–Crippen MR) is 111 cm³/mol. The molecule has 0 heterocycles. The van der Waals surface area contributed by atoms with Crippen molar-refractivity contribution in [2.45, 2.75) is 78.1 Å². The Morgan fingerprint density at radius 3 is 1.92 bits per heavy atom. The van der Waals surface area contributed by atoms with Crippen molar-refractivity contribution in [1.29, 1.82) is 0 Å². The van der Waals surface area contributed by atoms with E-state index in [0.29, 0.717) is 0 Å². The normalized spacial score (nSPS) is 10.7. The zero-order valence-electron chi connectivity index (χ0n) is 16.4. The Balaban J connectivity index is 3.09. The second kappa shape index (κ2) is 13.8. The third-order valence-corrected chi connectivity index (χ3v) is 4.97. The molecule has 1 aromatic carbocycles. The first-order chi connectivity index (χ1) is 12.7. The lowest BCUT2D eigenvalue weighted by atomic mass is 9.96. The molecule has 0 unspecified atom stereocenters. The number of aldehydes is 1. The largest absolute Gasteiger partial charge is 0.304 e. The summed E-state index contributed by atoms with van der Waals surface area (Å²) in [4.78, 5) is 25.2. The van der Waals surface area contributed by atoms with Gasteiger partial charge < -0.3 is 9.69 Å². The van der Waals surface area contributed by atoms with E-state index in [9.17, 15) is 9.59 Å². The van der Waals surface area contributed by atoms with Gasteiger partial charge in [0.25, 0.3) is 0 Å². The number of carbonyl (C=O) groups is 2. The first-order valence-corrected chi connectivity index (χ1v) is 10.6. The van der Waals surface area contributed by atoms with E-state index in [1.807, 2.05) is 0 Å². The molecule has 0 aromatic heterocycles. The van der Waals surface area contributed by atoms with Crippen molar-refractivity contribution in [1.82, 2.24) is 0 Å². The van der Waals surface area contributed by atoms with Crippen molar-refractivity contribution >= 4 is 29.5 Å². The lowest BCUT2D eigenvalue weighted by Crippen LogP contribution is -2.35. The van der Waals surface area contributed by atoms with Crippen molar-refractivity contribution < 1.29 is 9.59 Å². The molecule has 0 aliphatic rings. The van der Waals surface area contributed by atoms with E-state index in [2.05, 4.69) is 32.0 Å². The fourth-order valence-corrected chi connectivity index (χ4v) is 3.49. The molecule has 1 aromatic rings. The number of alkyl halides is 1. The Hall–Kier alpha value is -1.35. The molecule has 0 aliphatic heterocycles. The van der Waals surface area contributed by atoms with E-state index in [4.69, 9.17) is 11.6 Å². The molecule has 4 heteroatoms. The highest BCUT2D eigenvalue weighted by molar-refractivity contribution is 6.29. The van der Waals surface area contributed by atoms with E-state index in [-0.39, 0.29) is 18.3 Å². The summed E-state index contributed by atoms with van der Waals surface area (Å²) < 4.78 is 0. The van der Waals surface area contributed by atoms with E-state index < -0.39 is 0 Å². The maximum Gasteiger partial charge on any atom is 0.242 e. The molecule has 0 saturated carbocycles. The third kappa shape index (κ3) is 7.49. The second-order valence-corrected chi connectivity index (χ2v) is 7.12. The van der Waals surface area contributed by atoms with Gasteiger partial charge in [-0.15, -0.1) is 11.6 Å². The molecule has 146 valence electrons. The Morgan fingerprint density at radius 2 is 1.50 bits per heavy atom. The summed E-state index contributed by atoms with van der Waals surface area (Å²) in [6, 6.07) is 6.27. The summed E-state index contributed by atoms with van der Waals surface area (Å²) in [6.07, 6.45) is 12.1.